The summed E-state index contributed by atoms with van der Waals surface area (Å²) in [6.45, 7) is 16.9. The number of anilines is 4. The molecule has 0 unspecified atom stereocenters. The fourth-order valence-corrected chi connectivity index (χ4v) is 14.9. The van der Waals surface area contributed by atoms with Crippen LogP contribution in [0.3, 0.4) is 0 Å². The van der Waals surface area contributed by atoms with Crippen molar-refractivity contribution >= 4 is 35.7 Å². The maximum Gasteiger partial charge on any atom is 0.311 e. The summed E-state index contributed by atoms with van der Waals surface area (Å²) in [5.74, 6) is 4.96. The quantitative estimate of drug-likeness (QED) is 0.0204. The number of carbonyl (C=O) groups excluding carboxylic acids is 2. The van der Waals surface area contributed by atoms with E-state index in [1.54, 1.807) is 71.2 Å². The lowest BCUT2D eigenvalue weighted by Gasteiger charge is -2.26. The van der Waals surface area contributed by atoms with E-state index in [9.17, 15) is 9.59 Å². The summed E-state index contributed by atoms with van der Waals surface area (Å²) >= 11 is 0. The average Bonchev–Trinajstić information content (AvgIpc) is 1.66. The van der Waals surface area contributed by atoms with E-state index >= 15 is 0 Å². The van der Waals surface area contributed by atoms with E-state index in [4.69, 9.17) is 68.8 Å². The number of aromatic nitrogens is 12. The highest BCUT2D eigenvalue weighted by Crippen LogP contribution is 2.29. The third kappa shape index (κ3) is 24.4. The van der Waals surface area contributed by atoms with E-state index < -0.39 is 24.1 Å². The minimum atomic E-state index is -1.18. The first-order valence-corrected chi connectivity index (χ1v) is 40.7. The zero-order valence-corrected chi connectivity index (χ0v) is 66.0. The molecule has 9 aromatic rings. The van der Waals surface area contributed by atoms with Gasteiger partial charge in [-0.25, -0.2) is 18.7 Å². The van der Waals surface area contributed by atoms with E-state index in [2.05, 4.69) is 114 Å². The van der Waals surface area contributed by atoms with Crippen LogP contribution in [0.25, 0.3) is 0 Å². The minimum absolute atomic E-state index is 0.120. The van der Waals surface area contributed by atoms with Crippen molar-refractivity contribution < 1.29 is 38.0 Å². The van der Waals surface area contributed by atoms with Crippen LogP contribution in [-0.4, -0.2) is 196 Å². The second-order valence-corrected chi connectivity index (χ2v) is 30.0. The molecule has 28 nitrogen and oxygen atoms in total. The Hall–Kier alpha value is -10.2. The molecule has 0 amide bonds. The minimum Gasteiger partial charge on any atom is -0.494 e. The second-order valence-electron chi connectivity index (χ2n) is 30.0. The summed E-state index contributed by atoms with van der Waals surface area (Å²) in [7, 11) is 7.13. The number of likely N-dealkylation sites (tertiary alicyclic amines) is 4. The molecule has 8 heterocycles. The Morgan fingerprint density at radius 3 is 0.812 bits per heavy atom. The zero-order chi connectivity index (χ0) is 77.1. The van der Waals surface area contributed by atoms with Gasteiger partial charge in [0, 0.05) is 80.5 Å². The van der Waals surface area contributed by atoms with Crippen molar-refractivity contribution in [1.29, 1.82) is 0 Å². The third-order valence-electron chi connectivity index (χ3n) is 20.8. The van der Waals surface area contributed by atoms with Crippen LogP contribution in [0.5, 0.6) is 23.0 Å². The number of benzene rings is 5. The van der Waals surface area contributed by atoms with Crippen molar-refractivity contribution in [2.24, 2.45) is 28.2 Å². The largest absolute Gasteiger partial charge is 0.494 e. The first-order chi connectivity index (χ1) is 54.9. The van der Waals surface area contributed by atoms with E-state index in [0.717, 1.165) is 102 Å². The second kappa shape index (κ2) is 41.4. The van der Waals surface area contributed by atoms with Gasteiger partial charge in [-0.1, -0.05) is 98.5 Å². The number of rotatable bonds is 42. The Morgan fingerprint density at radius 2 is 0.571 bits per heavy atom. The van der Waals surface area contributed by atoms with Gasteiger partial charge in [-0.15, -0.1) is 0 Å². The van der Waals surface area contributed by atoms with Gasteiger partial charge in [-0.05, 0) is 211 Å². The van der Waals surface area contributed by atoms with E-state index in [0.29, 0.717) is 113 Å². The van der Waals surface area contributed by atoms with Gasteiger partial charge < -0.3 is 49.7 Å². The molecule has 4 N–H and O–H groups in total. The molecule has 0 atom stereocenters. The first kappa shape index (κ1) is 79.9. The topological polar surface area (TPSA) is 273 Å². The molecule has 28 heteroatoms. The maximum absolute atomic E-state index is 14.3. The monoisotopic (exact) mass is 1530 g/mol. The Bertz CT molecular complexity index is 3870. The zero-order valence-electron chi connectivity index (χ0n) is 66.0. The molecule has 0 aliphatic carbocycles. The first-order valence-electron chi connectivity index (χ1n) is 40.7. The van der Waals surface area contributed by atoms with Gasteiger partial charge in [-0.3, -0.25) is 29.2 Å². The number of aryl methyl sites for hydroxylation is 4. The summed E-state index contributed by atoms with van der Waals surface area (Å²) in [5, 5.41) is 32.6. The average molecular weight is 1530 g/mol. The van der Waals surface area contributed by atoms with Crippen LogP contribution in [0, 0.1) is 0 Å². The lowest BCUT2D eigenvalue weighted by molar-refractivity contribution is -0.148. The number of piperidine rings is 4. The Balaban J connectivity index is 0.637. The van der Waals surface area contributed by atoms with Crippen molar-refractivity contribution in [3.05, 3.63) is 178 Å². The molecule has 4 fully saturated rings. The number of ether oxygens (including phenoxy) is 6. The number of nitrogens with one attached hydrogen (secondary N) is 4. The molecule has 0 bridgehead atoms. The molecule has 598 valence electrons. The fraction of sp³-hybridized carbons (Fsp3) is 0.524. The van der Waals surface area contributed by atoms with Crippen molar-refractivity contribution in [2.75, 3.05) is 126 Å². The van der Waals surface area contributed by atoms with Crippen molar-refractivity contribution in [1.82, 2.24) is 78.7 Å². The van der Waals surface area contributed by atoms with Crippen LogP contribution in [0.15, 0.2) is 121 Å². The van der Waals surface area contributed by atoms with Crippen LogP contribution in [0.2, 0.25) is 0 Å². The molecular weight excluding hydrogens is 1420 g/mol. The summed E-state index contributed by atoms with van der Waals surface area (Å²) in [5.41, 5.74) is 6.29. The highest BCUT2D eigenvalue weighted by molar-refractivity contribution is 5.74. The van der Waals surface area contributed by atoms with Gasteiger partial charge in [0.05, 0.1) is 39.3 Å². The molecular formula is C84H114N20O8. The predicted octanol–water partition coefficient (Wildman–Crippen LogP) is 11.4. The highest BCUT2D eigenvalue weighted by Gasteiger charge is 2.32. The Morgan fingerprint density at radius 1 is 0.330 bits per heavy atom. The van der Waals surface area contributed by atoms with Crippen molar-refractivity contribution in [3.63, 3.8) is 0 Å². The summed E-state index contributed by atoms with van der Waals surface area (Å²) in [4.78, 5) is 58.1. The van der Waals surface area contributed by atoms with E-state index in [-0.39, 0.29) is 36.1 Å². The van der Waals surface area contributed by atoms with Gasteiger partial charge in [0.2, 0.25) is 59.3 Å². The lowest BCUT2D eigenvalue weighted by Crippen LogP contribution is -2.29. The van der Waals surface area contributed by atoms with Crippen LogP contribution in [0.4, 0.5) is 23.8 Å². The molecule has 5 aromatic carbocycles. The molecule has 4 aliphatic heterocycles. The van der Waals surface area contributed by atoms with Gasteiger partial charge >= 0.3 is 11.9 Å². The van der Waals surface area contributed by atoms with Crippen molar-refractivity contribution in [2.45, 2.75) is 154 Å². The summed E-state index contributed by atoms with van der Waals surface area (Å²) < 4.78 is 43.9. The lowest BCUT2D eigenvalue weighted by atomic mass is 10.1. The number of esters is 2. The number of carbonyl (C=O) groups is 2. The number of nitrogens with zero attached hydrogens (tertiary/aromatic N) is 16. The molecule has 4 aromatic heterocycles. The standard InChI is InChI=1S/C84H114N20O8/c1-97-81(85-37-21-49-107-69-29-17-25-65(53-69)59-101-41-9-5-10-42-101)89-77(93-97)75(78-90-82(98(2)94-78)86-38-22-50-108-70-30-18-26-66(54-70)60-102-43-11-6-12-44-102)111-73(105)57-63-33-35-64(36-34-63)58-74(106)112-76(79-91-83(99(3)95-79)87-39-23-51-109-71-31-19-27-67(55-71)61-103-45-13-7-14-46-103)80-92-84(100(4)96-80)88-40-24-52-110-72-32-20-28-68(56-72)62-104-47-15-8-16-48-104/h17-20,25-36,53-56,75-76H,5-16,21-24,37-52,57-62H2,1-4H3,(H,85,89,93)(H,86,90,94)(H,87,91,95)(H,88,92,96). The van der Waals surface area contributed by atoms with Crippen LogP contribution < -0.4 is 40.2 Å². The molecule has 13 rings (SSSR count). The van der Waals surface area contributed by atoms with E-state index in [1.807, 2.05) is 24.3 Å². The molecule has 0 saturated carbocycles. The van der Waals surface area contributed by atoms with Gasteiger partial charge in [0.25, 0.3) is 0 Å². The van der Waals surface area contributed by atoms with Gasteiger partial charge in [0.1, 0.15) is 23.0 Å². The molecule has 4 saturated heterocycles. The fourth-order valence-electron chi connectivity index (χ4n) is 14.9. The molecule has 0 radical (unpaired) electrons. The number of hydrogen-bond donors (Lipinski definition) is 4. The van der Waals surface area contributed by atoms with Crippen LogP contribution >= 0.6 is 0 Å². The Labute approximate surface area is 658 Å². The van der Waals surface area contributed by atoms with Crippen LogP contribution in [0.1, 0.15) is 172 Å². The van der Waals surface area contributed by atoms with Crippen LogP contribution in [-0.2, 0) is 86.3 Å². The molecule has 0 spiro atoms. The SMILES string of the molecule is Cn1nc(C(OC(=O)Cc2ccc(CC(=O)OC(c3nc(NCCCOc4cccc(CN5CCCCC5)c4)n(C)n3)c3nc(NCCCOc4cccc(CN5CCCCC5)c4)n(C)n3)cc2)c2nc(NCCCOc3cccc(CN4CCCCC4)c3)n(C)n2)nc1NCCCOc1cccc(CN2CCCCC2)c1. The predicted molar refractivity (Wildman–Crippen MR) is 430 cm³/mol. The van der Waals surface area contributed by atoms with E-state index in [1.165, 1.54) is 99.3 Å². The van der Waals surface area contributed by atoms with Gasteiger partial charge in [-0.2, -0.15) is 40.3 Å². The molecule has 4 aliphatic rings. The third-order valence-corrected chi connectivity index (χ3v) is 20.8. The number of hydrogen-bond acceptors (Lipinski definition) is 24. The van der Waals surface area contributed by atoms with Gasteiger partial charge in [0.15, 0.2) is 0 Å². The van der Waals surface area contributed by atoms with Crippen molar-refractivity contribution in [3.8, 4) is 23.0 Å². The highest BCUT2D eigenvalue weighted by atomic mass is 16.6. The normalized spacial score (nSPS) is 15.3. The summed E-state index contributed by atoms with van der Waals surface area (Å²) in [6, 6.07) is 40.6. The Kier molecular flexibility index (Phi) is 29.5. The summed E-state index contributed by atoms with van der Waals surface area (Å²) in [6.07, 6.45) is 15.4. The molecule has 112 heavy (non-hydrogen) atoms. The maximum atomic E-state index is 14.3. The smallest absolute Gasteiger partial charge is 0.311 e.